The number of benzene rings is 2. The highest BCUT2D eigenvalue weighted by Crippen LogP contribution is 2.11. The molecule has 0 amide bonds. The highest BCUT2D eigenvalue weighted by Gasteiger charge is 1.96. The molecular formula is C14H12F. The van der Waals surface area contributed by atoms with Crippen LogP contribution in [0.4, 0.5) is 4.39 Å². The molecule has 2 aromatic carbocycles. The maximum Gasteiger partial charge on any atom is 0.123 e. The molecule has 0 aliphatic heterocycles. The van der Waals surface area contributed by atoms with Gasteiger partial charge in [0.15, 0.2) is 0 Å². The Kier molecular flexibility index (Phi) is 2.82. The fourth-order valence-electron chi connectivity index (χ4n) is 1.50. The Morgan fingerprint density at radius 1 is 0.800 bits per heavy atom. The van der Waals surface area contributed by atoms with Crippen molar-refractivity contribution < 1.29 is 4.39 Å². The van der Waals surface area contributed by atoms with E-state index in [1.807, 2.05) is 36.4 Å². The van der Waals surface area contributed by atoms with E-state index in [2.05, 4.69) is 6.92 Å². The molecule has 0 heterocycles. The molecule has 0 fully saturated rings. The quantitative estimate of drug-likeness (QED) is 0.693. The molecule has 75 valence electrons. The minimum absolute atomic E-state index is 0.188. The van der Waals surface area contributed by atoms with Gasteiger partial charge in [-0.1, -0.05) is 36.4 Å². The van der Waals surface area contributed by atoms with Gasteiger partial charge in [0.25, 0.3) is 0 Å². The minimum Gasteiger partial charge on any atom is -0.207 e. The molecule has 0 saturated carbocycles. The highest BCUT2D eigenvalue weighted by molar-refractivity contribution is 5.29. The predicted octanol–water partition coefficient (Wildman–Crippen LogP) is 3.60. The van der Waals surface area contributed by atoms with Gasteiger partial charge >= 0.3 is 0 Å². The third kappa shape index (κ3) is 2.66. The van der Waals surface area contributed by atoms with Crippen LogP contribution in [0.2, 0.25) is 0 Å². The SMILES string of the molecule is [CH2]c1ccc(Cc2ccc(F)cc2)cc1. The van der Waals surface area contributed by atoms with Crippen molar-refractivity contribution in [3.05, 3.63) is 78.0 Å². The van der Waals surface area contributed by atoms with E-state index in [1.54, 1.807) is 0 Å². The second-order valence-corrected chi connectivity index (χ2v) is 3.62. The summed E-state index contributed by atoms with van der Waals surface area (Å²) in [6, 6.07) is 14.7. The van der Waals surface area contributed by atoms with Gasteiger partial charge in [-0.3, -0.25) is 0 Å². The van der Waals surface area contributed by atoms with Crippen LogP contribution in [0.5, 0.6) is 0 Å². The summed E-state index contributed by atoms with van der Waals surface area (Å²) < 4.78 is 12.7. The average molecular weight is 199 g/mol. The molecule has 1 heteroatoms. The molecule has 0 N–H and O–H groups in total. The third-order valence-electron chi connectivity index (χ3n) is 2.34. The Labute approximate surface area is 89.4 Å². The summed E-state index contributed by atoms with van der Waals surface area (Å²) in [7, 11) is 0. The monoisotopic (exact) mass is 199 g/mol. The largest absolute Gasteiger partial charge is 0.207 e. The molecular weight excluding hydrogens is 187 g/mol. The van der Waals surface area contributed by atoms with Crippen molar-refractivity contribution in [2.24, 2.45) is 0 Å². The van der Waals surface area contributed by atoms with Crippen LogP contribution in [-0.4, -0.2) is 0 Å². The third-order valence-corrected chi connectivity index (χ3v) is 2.34. The molecule has 0 aliphatic carbocycles. The normalized spacial score (nSPS) is 10.3. The van der Waals surface area contributed by atoms with E-state index >= 15 is 0 Å². The van der Waals surface area contributed by atoms with Crippen molar-refractivity contribution in [1.29, 1.82) is 0 Å². The smallest absolute Gasteiger partial charge is 0.123 e. The van der Waals surface area contributed by atoms with E-state index in [-0.39, 0.29) is 5.82 Å². The van der Waals surface area contributed by atoms with Crippen molar-refractivity contribution >= 4 is 0 Å². The van der Waals surface area contributed by atoms with E-state index in [4.69, 9.17) is 0 Å². The van der Waals surface area contributed by atoms with E-state index in [1.165, 1.54) is 17.7 Å². The van der Waals surface area contributed by atoms with E-state index < -0.39 is 0 Å². The topological polar surface area (TPSA) is 0 Å². The lowest BCUT2D eigenvalue weighted by molar-refractivity contribution is 0.627. The zero-order chi connectivity index (χ0) is 10.7. The van der Waals surface area contributed by atoms with Gasteiger partial charge in [0.05, 0.1) is 0 Å². The summed E-state index contributed by atoms with van der Waals surface area (Å²) in [6.07, 6.45) is 0.834. The summed E-state index contributed by atoms with van der Waals surface area (Å²) >= 11 is 0. The summed E-state index contributed by atoms with van der Waals surface area (Å²) in [5, 5.41) is 0. The van der Waals surface area contributed by atoms with Gasteiger partial charge in [0, 0.05) is 0 Å². The molecule has 0 unspecified atom stereocenters. The van der Waals surface area contributed by atoms with Gasteiger partial charge in [0.1, 0.15) is 5.82 Å². The lowest BCUT2D eigenvalue weighted by Crippen LogP contribution is -1.88. The molecule has 0 saturated heterocycles. The summed E-state index contributed by atoms with van der Waals surface area (Å²) in [4.78, 5) is 0. The highest BCUT2D eigenvalue weighted by atomic mass is 19.1. The Bertz CT molecular complexity index is 382. The summed E-state index contributed by atoms with van der Waals surface area (Å²) in [5.41, 5.74) is 3.35. The first-order chi connectivity index (χ1) is 7.24. The Balaban J connectivity index is 2.15. The summed E-state index contributed by atoms with van der Waals surface area (Å²) in [6.45, 7) is 3.83. The first-order valence-electron chi connectivity index (χ1n) is 4.89. The number of hydrogen-bond donors (Lipinski definition) is 0. The molecule has 1 radical (unpaired) electrons. The molecule has 2 aromatic rings. The van der Waals surface area contributed by atoms with Crippen molar-refractivity contribution in [3.63, 3.8) is 0 Å². The van der Waals surface area contributed by atoms with Gasteiger partial charge in [0.2, 0.25) is 0 Å². The van der Waals surface area contributed by atoms with Gasteiger partial charge < -0.3 is 0 Å². The van der Waals surface area contributed by atoms with Crippen LogP contribution in [-0.2, 0) is 6.42 Å². The van der Waals surface area contributed by atoms with Crippen LogP contribution in [0.3, 0.4) is 0 Å². The Morgan fingerprint density at radius 3 is 1.80 bits per heavy atom. The second kappa shape index (κ2) is 4.26. The zero-order valence-electron chi connectivity index (χ0n) is 8.41. The van der Waals surface area contributed by atoms with Gasteiger partial charge in [-0.15, -0.1) is 0 Å². The molecule has 0 bridgehead atoms. The van der Waals surface area contributed by atoms with E-state index in [0.717, 1.165) is 17.5 Å². The van der Waals surface area contributed by atoms with Gasteiger partial charge in [-0.25, -0.2) is 4.39 Å². The van der Waals surface area contributed by atoms with Crippen molar-refractivity contribution in [1.82, 2.24) is 0 Å². The lowest BCUT2D eigenvalue weighted by Gasteiger charge is -2.02. The van der Waals surface area contributed by atoms with Crippen molar-refractivity contribution in [2.45, 2.75) is 6.42 Å². The minimum atomic E-state index is -0.188. The molecule has 0 spiro atoms. The number of halogens is 1. The molecule has 2 rings (SSSR count). The van der Waals surface area contributed by atoms with Crippen LogP contribution in [0.25, 0.3) is 0 Å². The maximum absolute atomic E-state index is 12.7. The molecule has 0 nitrogen and oxygen atoms in total. The Hall–Kier alpha value is -1.63. The molecule has 0 aliphatic rings. The predicted molar refractivity (Wildman–Crippen MR) is 60.1 cm³/mol. The number of hydrogen-bond acceptors (Lipinski definition) is 0. The first kappa shape index (κ1) is 9.91. The number of rotatable bonds is 2. The van der Waals surface area contributed by atoms with Crippen LogP contribution in [0.15, 0.2) is 48.5 Å². The van der Waals surface area contributed by atoms with Gasteiger partial charge in [-0.05, 0) is 42.2 Å². The molecule has 15 heavy (non-hydrogen) atoms. The first-order valence-corrected chi connectivity index (χ1v) is 4.89. The van der Waals surface area contributed by atoms with Crippen LogP contribution in [0, 0.1) is 12.7 Å². The fraction of sp³-hybridized carbons (Fsp3) is 0.0714. The standard InChI is InChI=1S/C14H12F/c1-11-2-4-12(5-3-11)10-13-6-8-14(15)9-7-13/h2-9H,1,10H2. The van der Waals surface area contributed by atoms with Crippen molar-refractivity contribution in [2.75, 3.05) is 0 Å². The van der Waals surface area contributed by atoms with E-state index in [9.17, 15) is 4.39 Å². The zero-order valence-corrected chi connectivity index (χ0v) is 8.41. The summed E-state index contributed by atoms with van der Waals surface area (Å²) in [5.74, 6) is -0.188. The van der Waals surface area contributed by atoms with Crippen LogP contribution >= 0.6 is 0 Å². The van der Waals surface area contributed by atoms with Crippen LogP contribution in [0.1, 0.15) is 16.7 Å². The maximum atomic E-state index is 12.7. The molecule has 0 atom stereocenters. The average Bonchev–Trinajstić information content (AvgIpc) is 2.25. The fourth-order valence-corrected chi connectivity index (χ4v) is 1.50. The second-order valence-electron chi connectivity index (χ2n) is 3.62. The Morgan fingerprint density at radius 2 is 1.27 bits per heavy atom. The van der Waals surface area contributed by atoms with Crippen molar-refractivity contribution in [3.8, 4) is 0 Å². The van der Waals surface area contributed by atoms with Crippen LogP contribution < -0.4 is 0 Å². The van der Waals surface area contributed by atoms with Gasteiger partial charge in [-0.2, -0.15) is 0 Å². The lowest BCUT2D eigenvalue weighted by atomic mass is 10.0. The molecule has 0 aromatic heterocycles. The van der Waals surface area contributed by atoms with E-state index in [0.29, 0.717) is 0 Å².